The number of nitrogens with one attached hydrogen (secondary N) is 1. The Bertz CT molecular complexity index is 421. The van der Waals surface area contributed by atoms with Crippen molar-refractivity contribution in [1.29, 1.82) is 0 Å². The van der Waals surface area contributed by atoms with Crippen LogP contribution in [0.1, 0.15) is 116 Å². The second-order valence-corrected chi connectivity index (χ2v) is 9.27. The van der Waals surface area contributed by atoms with Gasteiger partial charge in [-0.3, -0.25) is 9.59 Å². The zero-order chi connectivity index (χ0) is 22.6. The second-order valence-electron chi connectivity index (χ2n) is 9.27. The molecule has 1 aliphatic heterocycles. The van der Waals surface area contributed by atoms with E-state index in [1.807, 2.05) is 0 Å². The molecule has 0 spiro atoms. The van der Waals surface area contributed by atoms with Crippen LogP contribution in [0.2, 0.25) is 0 Å². The second kappa shape index (κ2) is 19.5. The molecule has 182 valence electrons. The normalized spacial score (nSPS) is 14.9. The number of carbonyl (C=O) groups is 2. The molecule has 0 saturated carbocycles. The van der Waals surface area contributed by atoms with E-state index in [1.54, 1.807) is 0 Å². The number of rotatable bonds is 21. The third-order valence-electron chi connectivity index (χ3n) is 6.42. The fraction of sp³-hybridized carbons (Fsp3) is 0.920. The van der Waals surface area contributed by atoms with E-state index in [4.69, 9.17) is 14.9 Å². The Balaban J connectivity index is 2.13. The van der Waals surface area contributed by atoms with Crippen LogP contribution in [-0.2, 0) is 14.3 Å². The van der Waals surface area contributed by atoms with Crippen molar-refractivity contribution in [3.8, 4) is 0 Å². The quantitative estimate of drug-likeness (QED) is 0.195. The van der Waals surface area contributed by atoms with Crippen molar-refractivity contribution in [3.63, 3.8) is 0 Å². The van der Waals surface area contributed by atoms with E-state index < -0.39 is 11.9 Å². The van der Waals surface area contributed by atoms with Gasteiger partial charge in [0.1, 0.15) is 0 Å². The van der Waals surface area contributed by atoms with Gasteiger partial charge in [-0.1, -0.05) is 64.2 Å². The molecule has 0 bridgehead atoms. The summed E-state index contributed by atoms with van der Waals surface area (Å²) < 4.78 is 5.48. The molecule has 1 heterocycles. The summed E-state index contributed by atoms with van der Waals surface area (Å²) in [6.07, 6.45) is 18.8. The molecule has 3 N–H and O–H groups in total. The standard InChI is InChI=1S/C25H47NO5/c27-24(28)15-11-7-3-1-5-9-13-23(26-21-22-17-19-31-20-18-22)14-10-6-2-4-8-12-16-25(29)30/h22-23,26H,1-21H2,(H,27,28)(H,29,30). The van der Waals surface area contributed by atoms with E-state index in [-0.39, 0.29) is 0 Å². The fourth-order valence-electron chi connectivity index (χ4n) is 4.38. The first-order chi connectivity index (χ1) is 15.1. The summed E-state index contributed by atoms with van der Waals surface area (Å²) >= 11 is 0. The zero-order valence-electron chi connectivity index (χ0n) is 19.6. The first-order valence-electron chi connectivity index (χ1n) is 12.8. The molecule has 1 rings (SSSR count). The summed E-state index contributed by atoms with van der Waals surface area (Å²) in [5.41, 5.74) is 0. The van der Waals surface area contributed by atoms with E-state index in [9.17, 15) is 9.59 Å². The molecule has 1 saturated heterocycles. The van der Waals surface area contributed by atoms with Crippen molar-refractivity contribution >= 4 is 11.9 Å². The Morgan fingerprint density at radius 1 is 0.710 bits per heavy atom. The minimum Gasteiger partial charge on any atom is -0.481 e. The maximum absolute atomic E-state index is 10.5. The third kappa shape index (κ3) is 18.2. The first kappa shape index (κ1) is 27.9. The van der Waals surface area contributed by atoms with Crippen molar-refractivity contribution < 1.29 is 24.5 Å². The van der Waals surface area contributed by atoms with Crippen molar-refractivity contribution in [2.45, 2.75) is 122 Å². The van der Waals surface area contributed by atoms with E-state index >= 15 is 0 Å². The number of carboxylic acids is 2. The van der Waals surface area contributed by atoms with Crippen LogP contribution in [0.15, 0.2) is 0 Å². The van der Waals surface area contributed by atoms with Gasteiger partial charge in [0.15, 0.2) is 0 Å². The lowest BCUT2D eigenvalue weighted by Gasteiger charge is -2.26. The molecule has 31 heavy (non-hydrogen) atoms. The zero-order valence-corrected chi connectivity index (χ0v) is 19.6. The maximum atomic E-state index is 10.5. The summed E-state index contributed by atoms with van der Waals surface area (Å²) in [6.45, 7) is 2.92. The van der Waals surface area contributed by atoms with Gasteiger partial charge in [-0.2, -0.15) is 0 Å². The number of carboxylic acid groups (broad SMARTS) is 2. The summed E-state index contributed by atoms with van der Waals surface area (Å²) in [5, 5.41) is 21.2. The lowest BCUT2D eigenvalue weighted by atomic mass is 9.97. The summed E-state index contributed by atoms with van der Waals surface area (Å²) in [6, 6.07) is 0.599. The van der Waals surface area contributed by atoms with E-state index in [2.05, 4.69) is 5.32 Å². The Kier molecular flexibility index (Phi) is 17.6. The number of unbranched alkanes of at least 4 members (excludes halogenated alkanes) is 10. The highest BCUT2D eigenvalue weighted by Crippen LogP contribution is 2.17. The van der Waals surface area contributed by atoms with Crippen molar-refractivity contribution in [2.24, 2.45) is 5.92 Å². The van der Waals surface area contributed by atoms with Gasteiger partial charge in [-0.25, -0.2) is 0 Å². The molecular formula is C25H47NO5. The number of ether oxygens (including phenoxy) is 1. The van der Waals surface area contributed by atoms with Crippen LogP contribution in [0, 0.1) is 5.92 Å². The minimum absolute atomic E-state index is 0.303. The fourth-order valence-corrected chi connectivity index (χ4v) is 4.38. The molecule has 6 heteroatoms. The van der Waals surface area contributed by atoms with Crippen LogP contribution in [0.3, 0.4) is 0 Å². The monoisotopic (exact) mass is 441 g/mol. The highest BCUT2D eigenvalue weighted by atomic mass is 16.5. The molecule has 6 nitrogen and oxygen atoms in total. The maximum Gasteiger partial charge on any atom is 0.303 e. The van der Waals surface area contributed by atoms with Gasteiger partial charge in [-0.05, 0) is 51.0 Å². The van der Waals surface area contributed by atoms with Crippen LogP contribution in [0.5, 0.6) is 0 Å². The SMILES string of the molecule is O=C(O)CCCCCCCCC(CCCCCCCCC(=O)O)NCC1CCOCC1. The van der Waals surface area contributed by atoms with Crippen LogP contribution in [0.4, 0.5) is 0 Å². The van der Waals surface area contributed by atoms with Gasteiger partial charge in [0, 0.05) is 32.1 Å². The van der Waals surface area contributed by atoms with Crippen molar-refractivity contribution in [1.82, 2.24) is 5.32 Å². The Labute approximate surface area is 189 Å². The third-order valence-corrected chi connectivity index (χ3v) is 6.42. The average Bonchev–Trinajstić information content (AvgIpc) is 2.75. The van der Waals surface area contributed by atoms with Crippen LogP contribution < -0.4 is 5.32 Å². The average molecular weight is 442 g/mol. The largest absolute Gasteiger partial charge is 0.481 e. The minimum atomic E-state index is -0.682. The lowest BCUT2D eigenvalue weighted by molar-refractivity contribution is -0.138. The van der Waals surface area contributed by atoms with Gasteiger partial charge in [0.25, 0.3) is 0 Å². The summed E-state index contributed by atoms with van der Waals surface area (Å²) in [5.74, 6) is -0.614. The predicted molar refractivity (Wildman–Crippen MR) is 124 cm³/mol. The molecule has 0 aromatic heterocycles. The Morgan fingerprint density at radius 3 is 1.58 bits per heavy atom. The van der Waals surface area contributed by atoms with Crippen LogP contribution >= 0.6 is 0 Å². The molecule has 0 aromatic rings. The summed E-state index contributed by atoms with van der Waals surface area (Å²) in [7, 11) is 0. The first-order valence-corrected chi connectivity index (χ1v) is 12.8. The van der Waals surface area contributed by atoms with E-state index in [0.717, 1.165) is 64.2 Å². The van der Waals surface area contributed by atoms with Gasteiger partial charge < -0.3 is 20.3 Å². The topological polar surface area (TPSA) is 95.9 Å². The molecule has 0 unspecified atom stereocenters. The Morgan fingerprint density at radius 2 is 1.13 bits per heavy atom. The van der Waals surface area contributed by atoms with Crippen LogP contribution in [-0.4, -0.2) is 48.0 Å². The number of hydrogen-bond acceptors (Lipinski definition) is 4. The van der Waals surface area contributed by atoms with Gasteiger partial charge in [-0.15, -0.1) is 0 Å². The number of hydrogen-bond donors (Lipinski definition) is 3. The van der Waals surface area contributed by atoms with Gasteiger partial charge >= 0.3 is 11.9 Å². The Hall–Kier alpha value is -1.14. The smallest absolute Gasteiger partial charge is 0.303 e. The van der Waals surface area contributed by atoms with E-state index in [1.165, 1.54) is 64.2 Å². The number of aliphatic carboxylic acids is 2. The summed E-state index contributed by atoms with van der Waals surface area (Å²) in [4.78, 5) is 21.1. The van der Waals surface area contributed by atoms with E-state index in [0.29, 0.717) is 18.9 Å². The molecule has 0 atom stereocenters. The molecule has 0 aliphatic carbocycles. The highest BCUT2D eigenvalue weighted by molar-refractivity contribution is 5.66. The molecule has 0 amide bonds. The lowest BCUT2D eigenvalue weighted by Crippen LogP contribution is -2.35. The van der Waals surface area contributed by atoms with Gasteiger partial charge in [0.05, 0.1) is 0 Å². The molecule has 1 aliphatic rings. The molecule has 0 radical (unpaired) electrons. The highest BCUT2D eigenvalue weighted by Gasteiger charge is 2.16. The van der Waals surface area contributed by atoms with Crippen LogP contribution in [0.25, 0.3) is 0 Å². The molecule has 0 aromatic carbocycles. The van der Waals surface area contributed by atoms with Crippen molar-refractivity contribution in [3.05, 3.63) is 0 Å². The molecule has 1 fully saturated rings. The predicted octanol–water partition coefficient (Wildman–Crippen LogP) is 5.78. The van der Waals surface area contributed by atoms with Crippen molar-refractivity contribution in [2.75, 3.05) is 19.8 Å². The molecular weight excluding hydrogens is 394 g/mol. The van der Waals surface area contributed by atoms with Gasteiger partial charge in [0.2, 0.25) is 0 Å².